The average Bonchev–Trinajstić information content (AvgIpc) is 1.99. The lowest BCUT2D eigenvalue weighted by atomic mass is 10.6. The predicted octanol–water partition coefficient (Wildman–Crippen LogP) is 3.61. The Kier molecular flexibility index (Phi) is 3.73. The first kappa shape index (κ1) is 12.9. The Hall–Kier alpha value is -0.199. The van der Waals surface area contributed by atoms with Crippen LogP contribution in [0, 0.1) is 0 Å². The van der Waals surface area contributed by atoms with Gasteiger partial charge in [0.25, 0.3) is 0 Å². The lowest BCUT2D eigenvalue weighted by Gasteiger charge is -2.25. The highest BCUT2D eigenvalue weighted by atomic mass is 29.2. The minimum Gasteiger partial charge on any atom is -0.548 e. The van der Waals surface area contributed by atoms with Crippen molar-refractivity contribution in [3.63, 3.8) is 0 Å². The molecule has 0 aliphatic heterocycles. The van der Waals surface area contributed by atoms with Gasteiger partial charge in [-0.3, -0.25) is 0 Å². The topological polar surface area (TPSA) is 9.23 Å². The Bertz CT molecular complexity index is 336. The van der Waals surface area contributed by atoms with Crippen molar-refractivity contribution in [2.45, 2.75) is 39.3 Å². The second kappa shape index (κ2) is 4.35. The molecule has 0 atom stereocenters. The monoisotopic (exact) mass is 254 g/mol. The molecule has 0 aliphatic rings. The molecule has 1 nitrogen and oxygen atoms in total. The second-order valence-corrected chi connectivity index (χ2v) is 22.7. The summed E-state index contributed by atoms with van der Waals surface area (Å²) in [5, 5.41) is 1.31. The summed E-state index contributed by atoms with van der Waals surface area (Å²) in [6.45, 7) is 14.1. The van der Waals surface area contributed by atoms with Gasteiger partial charge in [0.1, 0.15) is 0 Å². The first-order chi connectivity index (χ1) is 6.70. The normalized spacial score (nSPS) is 12.7. The van der Waals surface area contributed by atoms with E-state index in [0.717, 1.165) is 0 Å². The van der Waals surface area contributed by atoms with Crippen LogP contribution in [0.5, 0.6) is 5.36 Å². The highest BCUT2D eigenvalue weighted by molar-refractivity contribution is 7.29. The van der Waals surface area contributed by atoms with E-state index < -0.39 is 23.8 Å². The summed E-state index contributed by atoms with van der Waals surface area (Å²) in [4.78, 5) is 0. The molecule has 0 saturated heterocycles. The average molecular weight is 255 g/mol. The molecule has 15 heavy (non-hydrogen) atoms. The van der Waals surface area contributed by atoms with Crippen molar-refractivity contribution in [1.29, 1.82) is 0 Å². The van der Waals surface area contributed by atoms with E-state index in [2.05, 4.69) is 63.2 Å². The van der Waals surface area contributed by atoms with E-state index in [1.165, 1.54) is 5.36 Å². The maximum atomic E-state index is 6.22. The van der Waals surface area contributed by atoms with Crippen LogP contribution in [0.3, 0.4) is 0 Å². The lowest BCUT2D eigenvalue weighted by Crippen LogP contribution is -2.38. The van der Waals surface area contributed by atoms with Crippen LogP contribution in [0.25, 0.3) is 0 Å². The minimum atomic E-state index is -1.44. The maximum Gasteiger partial charge on any atom is 0.241 e. The van der Waals surface area contributed by atoms with Gasteiger partial charge in [-0.2, -0.15) is 0 Å². The van der Waals surface area contributed by atoms with Crippen molar-refractivity contribution < 1.29 is 4.43 Å². The Labute approximate surface area is 97.0 Å². The van der Waals surface area contributed by atoms with Crippen LogP contribution in [0.4, 0.5) is 0 Å². The summed E-state index contributed by atoms with van der Waals surface area (Å²) in [7, 11) is -3.07. The van der Waals surface area contributed by atoms with Gasteiger partial charge >= 0.3 is 0 Å². The molecular weight excluding hydrogens is 232 g/mol. The number of hydrogen-bond acceptors (Lipinski definition) is 1. The Morgan fingerprint density at radius 2 is 1.60 bits per heavy atom. The fourth-order valence-electron chi connectivity index (χ4n) is 1.51. The molecule has 0 aliphatic carbocycles. The van der Waals surface area contributed by atoms with Gasteiger partial charge in [0.2, 0.25) is 8.32 Å². The smallest absolute Gasteiger partial charge is 0.241 e. The molecule has 0 unspecified atom stereocenters. The molecule has 0 spiro atoms. The fourth-order valence-corrected chi connectivity index (χ4v) is 10.3. The van der Waals surface area contributed by atoms with Crippen molar-refractivity contribution >= 4 is 23.8 Å². The van der Waals surface area contributed by atoms with E-state index in [0.29, 0.717) is 0 Å². The van der Waals surface area contributed by atoms with E-state index in [1.54, 1.807) is 0 Å². The highest BCUT2D eigenvalue weighted by Gasteiger charge is 2.24. The third-order valence-electron chi connectivity index (χ3n) is 2.11. The molecule has 1 heterocycles. The van der Waals surface area contributed by atoms with Gasteiger partial charge in [-0.15, -0.1) is 0 Å². The first-order valence-corrected chi connectivity index (χ1v) is 15.0. The van der Waals surface area contributed by atoms with Gasteiger partial charge in [-0.05, 0) is 25.7 Å². The summed E-state index contributed by atoms with van der Waals surface area (Å²) in [5.74, 6) is 0. The third kappa shape index (κ3) is 4.04. The summed E-state index contributed by atoms with van der Waals surface area (Å²) < 4.78 is 6.22. The van der Waals surface area contributed by atoms with Crippen LogP contribution in [0.15, 0.2) is 23.9 Å². The van der Waals surface area contributed by atoms with Gasteiger partial charge in [-0.1, -0.05) is 37.5 Å². The third-order valence-corrected chi connectivity index (χ3v) is 12.2. The maximum absolute atomic E-state index is 6.22. The summed E-state index contributed by atoms with van der Waals surface area (Å²) in [5.41, 5.74) is 2.41. The summed E-state index contributed by atoms with van der Waals surface area (Å²) in [6, 6.07) is 6.51. The molecule has 0 amide bonds. The first-order valence-electron chi connectivity index (χ1n) is 5.49. The van der Waals surface area contributed by atoms with E-state index in [-0.39, 0.29) is 0 Å². The Morgan fingerprint density at radius 1 is 1.00 bits per heavy atom. The summed E-state index contributed by atoms with van der Waals surface area (Å²) in [6.07, 6.45) is 0. The SMILES string of the molecule is C[Si](C)(C)Oc1cccc[si]1[Si](C)(C)C. The molecule has 0 N–H and O–H groups in total. The van der Waals surface area contributed by atoms with E-state index in [4.69, 9.17) is 4.43 Å². The summed E-state index contributed by atoms with van der Waals surface area (Å²) >= 11 is 0. The van der Waals surface area contributed by atoms with E-state index in [9.17, 15) is 0 Å². The van der Waals surface area contributed by atoms with Crippen LogP contribution in [0.2, 0.25) is 39.3 Å². The molecule has 0 radical (unpaired) electrons. The Morgan fingerprint density at radius 3 is 2.07 bits per heavy atom. The molecule has 1 aromatic heterocycles. The molecule has 0 saturated carbocycles. The molecule has 1 rings (SSSR count). The Balaban J connectivity index is 3.08. The minimum absolute atomic E-state index is 0.534. The zero-order valence-electron chi connectivity index (χ0n) is 10.7. The van der Waals surface area contributed by atoms with Crippen LogP contribution in [-0.4, -0.2) is 23.8 Å². The molecule has 4 heteroatoms. The predicted molar refractivity (Wildman–Crippen MR) is 75.1 cm³/mol. The fraction of sp³-hybridized carbons (Fsp3) is 0.545. The molecule has 0 bridgehead atoms. The van der Waals surface area contributed by atoms with Crippen molar-refractivity contribution in [2.75, 3.05) is 0 Å². The zero-order valence-corrected chi connectivity index (χ0v) is 13.7. The van der Waals surface area contributed by atoms with Crippen LogP contribution in [0.1, 0.15) is 0 Å². The van der Waals surface area contributed by atoms with Crippen molar-refractivity contribution in [2.24, 2.45) is 0 Å². The van der Waals surface area contributed by atoms with E-state index >= 15 is 0 Å². The number of rotatable bonds is 3. The number of hydrogen-bond donors (Lipinski definition) is 0. The molecule has 84 valence electrons. The van der Waals surface area contributed by atoms with Crippen LogP contribution >= 0.6 is 0 Å². The van der Waals surface area contributed by atoms with Crippen molar-refractivity contribution in [3.05, 3.63) is 23.9 Å². The van der Waals surface area contributed by atoms with Crippen LogP contribution < -0.4 is 4.43 Å². The van der Waals surface area contributed by atoms with Crippen molar-refractivity contribution in [1.82, 2.24) is 0 Å². The van der Waals surface area contributed by atoms with Gasteiger partial charge in [0, 0.05) is 0 Å². The molecular formula is C11H22OSi3. The van der Waals surface area contributed by atoms with Crippen LogP contribution in [-0.2, 0) is 0 Å². The van der Waals surface area contributed by atoms with E-state index in [1.807, 2.05) is 0 Å². The molecule has 1 aromatic rings. The van der Waals surface area contributed by atoms with Crippen molar-refractivity contribution in [3.8, 4) is 5.36 Å². The zero-order chi connectivity index (χ0) is 11.7. The van der Waals surface area contributed by atoms with Gasteiger partial charge in [0.05, 0.1) is 20.9 Å². The van der Waals surface area contributed by atoms with Gasteiger partial charge in [-0.25, -0.2) is 0 Å². The standard InChI is InChI=1S/C11H22OSi3/c1-14(2,3)12-11-9-7-8-10-13(11)15(4,5)6/h7-10H,1-6H3. The highest BCUT2D eigenvalue weighted by Crippen LogP contribution is 2.19. The second-order valence-electron chi connectivity index (χ2n) is 5.96. The molecule has 0 aromatic carbocycles. The molecule has 0 fully saturated rings. The van der Waals surface area contributed by atoms with Gasteiger partial charge < -0.3 is 4.43 Å². The lowest BCUT2D eigenvalue weighted by molar-refractivity contribution is 0.570. The van der Waals surface area contributed by atoms with Gasteiger partial charge in [0.15, 0.2) is 0 Å². The quantitative estimate of drug-likeness (QED) is 0.749. The largest absolute Gasteiger partial charge is 0.548 e.